The van der Waals surface area contributed by atoms with Crippen LogP contribution in [0.3, 0.4) is 0 Å². The quantitative estimate of drug-likeness (QED) is 0.178. The highest BCUT2D eigenvalue weighted by Crippen LogP contribution is 2.45. The molecule has 1 unspecified atom stereocenters. The lowest BCUT2D eigenvalue weighted by Crippen LogP contribution is -2.04. The fourth-order valence-corrected chi connectivity index (χ4v) is 8.57. The summed E-state index contributed by atoms with van der Waals surface area (Å²) in [4.78, 5) is 4.83. The van der Waals surface area contributed by atoms with E-state index in [-0.39, 0.29) is 0 Å². The molecule has 2 aromatic heterocycles. The summed E-state index contributed by atoms with van der Waals surface area (Å²) in [5.74, 6) is 0.401. The summed E-state index contributed by atoms with van der Waals surface area (Å²) in [6, 6.07) is 58.1. The van der Waals surface area contributed by atoms with Gasteiger partial charge in [0.25, 0.3) is 0 Å². The third kappa shape index (κ3) is 4.52. The Balaban J connectivity index is 1.09. The van der Waals surface area contributed by atoms with Crippen LogP contribution >= 0.6 is 0 Å². The van der Waals surface area contributed by atoms with Crippen molar-refractivity contribution in [3.05, 3.63) is 181 Å². The molecular weight excluding hydrogens is 593 g/mol. The molecule has 2 nitrogen and oxygen atoms in total. The Hall–Kier alpha value is -5.99. The molecule has 1 aliphatic rings. The molecular formula is C47H34N2. The molecule has 7 aromatic carbocycles. The van der Waals surface area contributed by atoms with Gasteiger partial charge in [-0.25, -0.2) is 0 Å². The second-order valence-corrected chi connectivity index (χ2v) is 13.4. The topological polar surface area (TPSA) is 17.8 Å². The van der Waals surface area contributed by atoms with E-state index in [4.69, 9.17) is 4.98 Å². The number of rotatable bonds is 4. The summed E-state index contributed by atoms with van der Waals surface area (Å²) >= 11 is 0. The standard InChI is InChI=1S/C47H34N2/c1-2-15-36(16-3-1)49-44-21-7-6-19-41(44)43-27-26-40-39-18-5-4-17-37(39)35(24-25-42(40)47(43)49)30-31-11-8-13-34(29-31)38-20-9-12-32-22-23-33-14-10-28-48-46(33)45(32)38/h1-23,26-29,35H,24-25,30H2. The number of hydrogen-bond acceptors (Lipinski definition) is 1. The van der Waals surface area contributed by atoms with Gasteiger partial charge in [0.05, 0.1) is 16.6 Å². The Bertz CT molecular complexity index is 2700. The predicted octanol–water partition coefficient (Wildman–Crippen LogP) is 12.1. The van der Waals surface area contributed by atoms with E-state index >= 15 is 0 Å². The maximum absolute atomic E-state index is 4.83. The lowest BCUT2D eigenvalue weighted by Gasteiger charge is -2.19. The van der Waals surface area contributed by atoms with Crippen molar-refractivity contribution in [3.8, 4) is 27.9 Å². The van der Waals surface area contributed by atoms with Crippen molar-refractivity contribution in [2.45, 2.75) is 25.2 Å². The first-order valence-electron chi connectivity index (χ1n) is 17.4. The summed E-state index contributed by atoms with van der Waals surface area (Å²) in [5.41, 5.74) is 14.4. The molecule has 2 heterocycles. The predicted molar refractivity (Wildman–Crippen MR) is 206 cm³/mol. The summed E-state index contributed by atoms with van der Waals surface area (Å²) in [6.45, 7) is 0. The van der Waals surface area contributed by atoms with Gasteiger partial charge in [-0.15, -0.1) is 0 Å². The highest BCUT2D eigenvalue weighted by atomic mass is 15.0. The van der Waals surface area contributed by atoms with Gasteiger partial charge in [0, 0.05) is 33.4 Å². The molecule has 0 aliphatic heterocycles. The van der Waals surface area contributed by atoms with Crippen LogP contribution in [0, 0.1) is 0 Å². The highest BCUT2D eigenvalue weighted by molar-refractivity contribution is 6.13. The lowest BCUT2D eigenvalue weighted by atomic mass is 9.85. The molecule has 0 amide bonds. The van der Waals surface area contributed by atoms with Gasteiger partial charge in [-0.3, -0.25) is 4.98 Å². The normalized spacial score (nSPS) is 14.2. The number of aromatic nitrogens is 2. The second-order valence-electron chi connectivity index (χ2n) is 13.4. The molecule has 1 atom stereocenters. The Kier molecular flexibility index (Phi) is 6.48. The van der Waals surface area contributed by atoms with Crippen LogP contribution in [-0.4, -0.2) is 9.55 Å². The Morgan fingerprint density at radius 2 is 1.39 bits per heavy atom. The van der Waals surface area contributed by atoms with Crippen LogP contribution in [0.4, 0.5) is 0 Å². The van der Waals surface area contributed by atoms with Crippen LogP contribution in [0.2, 0.25) is 0 Å². The minimum absolute atomic E-state index is 0.401. The van der Waals surface area contributed by atoms with E-state index in [9.17, 15) is 0 Å². The first-order valence-corrected chi connectivity index (χ1v) is 17.4. The van der Waals surface area contributed by atoms with Crippen molar-refractivity contribution < 1.29 is 0 Å². The number of benzene rings is 7. The highest BCUT2D eigenvalue weighted by Gasteiger charge is 2.26. The van der Waals surface area contributed by atoms with Crippen molar-refractivity contribution in [2.24, 2.45) is 0 Å². The summed E-state index contributed by atoms with van der Waals surface area (Å²) in [6.07, 6.45) is 5.01. The van der Waals surface area contributed by atoms with Gasteiger partial charge in [0.15, 0.2) is 0 Å². The number of hydrogen-bond donors (Lipinski definition) is 0. The summed E-state index contributed by atoms with van der Waals surface area (Å²) in [7, 11) is 0. The minimum atomic E-state index is 0.401. The number of fused-ring (bicyclic) bond motifs is 10. The molecule has 10 rings (SSSR count). The SMILES string of the molecule is c1ccc(-n2c3ccccc3c3ccc4c(c32)CCC(Cc2cccc(-c3cccc5ccc6cccnc6c35)c2)c2ccccc2-4)cc1. The Morgan fingerprint density at radius 3 is 2.35 bits per heavy atom. The number of pyridine rings is 1. The van der Waals surface area contributed by atoms with Crippen molar-refractivity contribution in [3.63, 3.8) is 0 Å². The van der Waals surface area contributed by atoms with Crippen molar-refractivity contribution >= 4 is 43.5 Å². The van der Waals surface area contributed by atoms with Crippen molar-refractivity contribution in [2.75, 3.05) is 0 Å². The van der Waals surface area contributed by atoms with Gasteiger partial charge in [-0.1, -0.05) is 133 Å². The van der Waals surface area contributed by atoms with Crippen molar-refractivity contribution in [1.82, 2.24) is 9.55 Å². The zero-order valence-electron chi connectivity index (χ0n) is 27.2. The summed E-state index contributed by atoms with van der Waals surface area (Å²) < 4.78 is 2.50. The fourth-order valence-electron chi connectivity index (χ4n) is 8.57. The van der Waals surface area contributed by atoms with Gasteiger partial charge in [-0.05, 0) is 93.8 Å². The molecule has 1 aliphatic carbocycles. The molecule has 0 saturated carbocycles. The van der Waals surface area contributed by atoms with E-state index in [0.29, 0.717) is 5.92 Å². The molecule has 0 radical (unpaired) electrons. The fraction of sp³-hybridized carbons (Fsp3) is 0.0851. The second kappa shape index (κ2) is 11.3. The van der Waals surface area contributed by atoms with Gasteiger partial charge in [0.1, 0.15) is 0 Å². The molecule has 2 heteroatoms. The Morgan fingerprint density at radius 1 is 0.592 bits per heavy atom. The van der Waals surface area contributed by atoms with E-state index in [2.05, 4.69) is 156 Å². The third-order valence-electron chi connectivity index (χ3n) is 10.7. The maximum atomic E-state index is 4.83. The molecule has 0 bridgehead atoms. The molecule has 0 saturated heterocycles. The van der Waals surface area contributed by atoms with Crippen LogP contribution < -0.4 is 0 Å². The number of para-hydroxylation sites is 2. The molecule has 9 aromatic rings. The first-order chi connectivity index (χ1) is 24.3. The van der Waals surface area contributed by atoms with E-state index in [0.717, 1.165) is 24.8 Å². The van der Waals surface area contributed by atoms with Gasteiger partial charge < -0.3 is 4.57 Å². The van der Waals surface area contributed by atoms with Crippen molar-refractivity contribution in [1.29, 1.82) is 0 Å². The average Bonchev–Trinajstić information content (AvgIpc) is 3.42. The molecule has 49 heavy (non-hydrogen) atoms. The van der Waals surface area contributed by atoms with Crippen LogP contribution in [0.25, 0.3) is 71.4 Å². The monoisotopic (exact) mass is 626 g/mol. The maximum Gasteiger partial charge on any atom is 0.0786 e. The largest absolute Gasteiger partial charge is 0.309 e. The number of aryl methyl sites for hydroxylation is 1. The van der Waals surface area contributed by atoms with E-state index in [1.165, 1.54) is 82.6 Å². The van der Waals surface area contributed by atoms with Crippen LogP contribution in [-0.2, 0) is 12.8 Å². The first kappa shape index (κ1) is 28.1. The van der Waals surface area contributed by atoms with E-state index < -0.39 is 0 Å². The zero-order valence-corrected chi connectivity index (χ0v) is 27.2. The number of nitrogens with zero attached hydrogens (tertiary/aromatic N) is 2. The van der Waals surface area contributed by atoms with Gasteiger partial charge >= 0.3 is 0 Å². The van der Waals surface area contributed by atoms with E-state index in [1.807, 2.05) is 12.3 Å². The molecule has 0 N–H and O–H groups in total. The average molecular weight is 627 g/mol. The molecule has 0 fully saturated rings. The molecule has 232 valence electrons. The molecule has 0 spiro atoms. The van der Waals surface area contributed by atoms with Crippen LogP contribution in [0.15, 0.2) is 164 Å². The zero-order chi connectivity index (χ0) is 32.3. The summed E-state index contributed by atoms with van der Waals surface area (Å²) in [5, 5.41) is 6.27. The van der Waals surface area contributed by atoms with Gasteiger partial charge in [0.2, 0.25) is 0 Å². The van der Waals surface area contributed by atoms with Gasteiger partial charge in [-0.2, -0.15) is 0 Å². The Labute approximate surface area is 285 Å². The van der Waals surface area contributed by atoms with Crippen LogP contribution in [0.5, 0.6) is 0 Å². The minimum Gasteiger partial charge on any atom is -0.309 e. The third-order valence-corrected chi connectivity index (χ3v) is 10.7. The smallest absolute Gasteiger partial charge is 0.0786 e. The van der Waals surface area contributed by atoms with E-state index in [1.54, 1.807) is 0 Å². The lowest BCUT2D eigenvalue weighted by molar-refractivity contribution is 0.629. The van der Waals surface area contributed by atoms with Crippen LogP contribution in [0.1, 0.15) is 29.0 Å².